The molecule has 2 heterocycles. The van der Waals surface area contributed by atoms with Gasteiger partial charge in [-0.1, -0.05) is 23.8 Å². The number of fused-ring (bicyclic) bond motifs is 1. The Bertz CT molecular complexity index is 591. The Hall–Kier alpha value is -1.88. The summed E-state index contributed by atoms with van der Waals surface area (Å²) in [7, 11) is 0. The van der Waals surface area contributed by atoms with Crippen molar-refractivity contribution >= 4 is 29.2 Å². The second-order valence-corrected chi connectivity index (χ2v) is 4.18. The first kappa shape index (κ1) is 12.6. The van der Waals surface area contributed by atoms with Gasteiger partial charge in [0.05, 0.1) is 6.20 Å². The quantitative estimate of drug-likeness (QED) is 0.678. The standard InChI is InChI=1S/C12H13ClN4O/c1-9(18)14-6-3-2-4-10-8-15-17-7-5-11(13)16-12(10)17/h2,4-5,7-8H,3,6H2,1H3,(H,14,18). The van der Waals surface area contributed by atoms with E-state index < -0.39 is 0 Å². The summed E-state index contributed by atoms with van der Waals surface area (Å²) >= 11 is 5.84. The van der Waals surface area contributed by atoms with Gasteiger partial charge in [0.25, 0.3) is 0 Å². The molecule has 0 fully saturated rings. The Morgan fingerprint density at radius 2 is 2.44 bits per heavy atom. The lowest BCUT2D eigenvalue weighted by molar-refractivity contribution is -0.118. The topological polar surface area (TPSA) is 59.3 Å². The molecule has 2 rings (SSSR count). The monoisotopic (exact) mass is 264 g/mol. The number of hydrogen-bond acceptors (Lipinski definition) is 3. The van der Waals surface area contributed by atoms with E-state index >= 15 is 0 Å². The van der Waals surface area contributed by atoms with E-state index in [1.54, 1.807) is 23.0 Å². The molecule has 0 saturated carbocycles. The average molecular weight is 265 g/mol. The van der Waals surface area contributed by atoms with Crippen molar-refractivity contribution in [3.63, 3.8) is 0 Å². The molecular formula is C12H13ClN4O. The van der Waals surface area contributed by atoms with Gasteiger partial charge in [-0.05, 0) is 12.5 Å². The van der Waals surface area contributed by atoms with Crippen molar-refractivity contribution in [2.75, 3.05) is 6.54 Å². The highest BCUT2D eigenvalue weighted by molar-refractivity contribution is 6.29. The smallest absolute Gasteiger partial charge is 0.216 e. The van der Waals surface area contributed by atoms with Gasteiger partial charge >= 0.3 is 0 Å². The van der Waals surface area contributed by atoms with E-state index in [4.69, 9.17) is 11.6 Å². The van der Waals surface area contributed by atoms with Gasteiger partial charge in [0.1, 0.15) is 5.15 Å². The molecule has 1 N–H and O–H groups in total. The van der Waals surface area contributed by atoms with E-state index in [1.807, 2.05) is 12.2 Å². The van der Waals surface area contributed by atoms with E-state index in [1.165, 1.54) is 6.92 Å². The van der Waals surface area contributed by atoms with E-state index in [-0.39, 0.29) is 5.91 Å². The number of hydrogen-bond donors (Lipinski definition) is 1. The van der Waals surface area contributed by atoms with Crippen molar-refractivity contribution in [1.29, 1.82) is 0 Å². The number of nitrogens with one attached hydrogen (secondary N) is 1. The Labute approximate surface area is 109 Å². The normalized spacial score (nSPS) is 11.2. The van der Waals surface area contributed by atoms with Crippen molar-refractivity contribution in [2.45, 2.75) is 13.3 Å². The van der Waals surface area contributed by atoms with Crippen molar-refractivity contribution < 1.29 is 4.79 Å². The Morgan fingerprint density at radius 3 is 3.22 bits per heavy atom. The van der Waals surface area contributed by atoms with Crippen molar-refractivity contribution in [1.82, 2.24) is 19.9 Å². The molecule has 5 nitrogen and oxygen atoms in total. The number of amides is 1. The highest BCUT2D eigenvalue weighted by Crippen LogP contribution is 2.13. The van der Waals surface area contributed by atoms with Gasteiger partial charge in [-0.25, -0.2) is 9.50 Å². The molecule has 0 unspecified atom stereocenters. The molecular weight excluding hydrogens is 252 g/mol. The van der Waals surface area contributed by atoms with Gasteiger partial charge in [0.2, 0.25) is 5.91 Å². The minimum atomic E-state index is -0.0205. The molecule has 0 bridgehead atoms. The Morgan fingerprint density at radius 1 is 1.61 bits per heavy atom. The van der Waals surface area contributed by atoms with Crippen LogP contribution in [0.3, 0.4) is 0 Å². The highest BCUT2D eigenvalue weighted by atomic mass is 35.5. The number of rotatable bonds is 4. The van der Waals surface area contributed by atoms with Crippen molar-refractivity contribution in [3.8, 4) is 0 Å². The summed E-state index contributed by atoms with van der Waals surface area (Å²) in [6.45, 7) is 2.13. The van der Waals surface area contributed by atoms with Crippen LogP contribution < -0.4 is 5.32 Å². The van der Waals surface area contributed by atoms with Crippen LogP contribution in [0, 0.1) is 0 Å². The van der Waals surface area contributed by atoms with E-state index in [0.717, 1.165) is 17.6 Å². The first-order valence-corrected chi connectivity index (χ1v) is 5.95. The average Bonchev–Trinajstić information content (AvgIpc) is 2.71. The van der Waals surface area contributed by atoms with Gasteiger partial charge in [0.15, 0.2) is 5.65 Å². The summed E-state index contributed by atoms with van der Waals surface area (Å²) in [4.78, 5) is 14.9. The molecule has 18 heavy (non-hydrogen) atoms. The van der Waals surface area contributed by atoms with Crippen LogP contribution in [-0.4, -0.2) is 27.0 Å². The molecule has 0 aliphatic carbocycles. The van der Waals surface area contributed by atoms with Gasteiger partial charge in [0, 0.05) is 25.2 Å². The molecule has 6 heteroatoms. The van der Waals surface area contributed by atoms with Crippen molar-refractivity contribution in [3.05, 3.63) is 35.3 Å². The fourth-order valence-electron chi connectivity index (χ4n) is 1.52. The zero-order valence-corrected chi connectivity index (χ0v) is 10.7. The number of carbonyl (C=O) groups excluding carboxylic acids is 1. The van der Waals surface area contributed by atoms with E-state index in [2.05, 4.69) is 15.4 Å². The Balaban J connectivity index is 2.05. The first-order valence-electron chi connectivity index (χ1n) is 5.57. The lowest BCUT2D eigenvalue weighted by Crippen LogP contribution is -2.20. The predicted molar refractivity (Wildman–Crippen MR) is 70.3 cm³/mol. The lowest BCUT2D eigenvalue weighted by atomic mass is 10.2. The van der Waals surface area contributed by atoms with Crippen LogP contribution in [0.15, 0.2) is 24.5 Å². The lowest BCUT2D eigenvalue weighted by Gasteiger charge is -1.96. The fraction of sp³-hybridized carbons (Fsp3) is 0.250. The van der Waals surface area contributed by atoms with Crippen LogP contribution in [0.4, 0.5) is 0 Å². The number of halogens is 1. The molecule has 0 atom stereocenters. The number of nitrogens with zero attached hydrogens (tertiary/aromatic N) is 3. The van der Waals surface area contributed by atoms with Gasteiger partial charge in [-0.2, -0.15) is 5.10 Å². The molecule has 0 spiro atoms. The Kier molecular flexibility index (Phi) is 3.94. The largest absolute Gasteiger partial charge is 0.356 e. The number of carbonyl (C=O) groups is 1. The maximum atomic E-state index is 10.7. The molecule has 0 aliphatic heterocycles. The summed E-state index contributed by atoms with van der Waals surface area (Å²) in [5.41, 5.74) is 1.62. The third kappa shape index (κ3) is 3.07. The molecule has 94 valence electrons. The van der Waals surface area contributed by atoms with Gasteiger partial charge < -0.3 is 5.32 Å². The summed E-state index contributed by atoms with van der Waals surface area (Å²) in [5.74, 6) is -0.0205. The highest BCUT2D eigenvalue weighted by Gasteiger charge is 2.02. The predicted octanol–water partition coefficient (Wildman–Crippen LogP) is 1.92. The number of aromatic nitrogens is 3. The van der Waals surface area contributed by atoms with Crippen LogP contribution in [0.5, 0.6) is 0 Å². The van der Waals surface area contributed by atoms with E-state index in [9.17, 15) is 4.79 Å². The molecule has 1 amide bonds. The molecule has 2 aromatic rings. The second-order valence-electron chi connectivity index (χ2n) is 3.79. The van der Waals surface area contributed by atoms with Crippen LogP contribution >= 0.6 is 11.6 Å². The molecule has 2 aromatic heterocycles. The minimum absolute atomic E-state index is 0.0205. The summed E-state index contributed by atoms with van der Waals surface area (Å²) < 4.78 is 1.67. The maximum absolute atomic E-state index is 10.7. The summed E-state index contributed by atoms with van der Waals surface area (Å²) in [6, 6.07) is 1.69. The summed E-state index contributed by atoms with van der Waals surface area (Å²) in [5, 5.41) is 7.33. The first-order chi connectivity index (χ1) is 8.66. The van der Waals surface area contributed by atoms with Gasteiger partial charge in [-0.3, -0.25) is 4.79 Å². The SMILES string of the molecule is CC(=O)NCCC=Cc1cnn2ccc(Cl)nc12. The third-order valence-corrected chi connectivity index (χ3v) is 2.56. The third-order valence-electron chi connectivity index (χ3n) is 2.34. The zero-order valence-electron chi connectivity index (χ0n) is 9.93. The van der Waals surface area contributed by atoms with Crippen LogP contribution in [0.2, 0.25) is 5.15 Å². The molecule has 0 aromatic carbocycles. The fourth-order valence-corrected chi connectivity index (χ4v) is 1.66. The molecule has 0 radical (unpaired) electrons. The minimum Gasteiger partial charge on any atom is -0.356 e. The molecule has 0 saturated heterocycles. The van der Waals surface area contributed by atoms with Crippen molar-refractivity contribution in [2.24, 2.45) is 0 Å². The van der Waals surface area contributed by atoms with E-state index in [0.29, 0.717) is 11.7 Å². The second kappa shape index (κ2) is 5.64. The van der Waals surface area contributed by atoms with Crippen LogP contribution in [0.1, 0.15) is 18.9 Å². The molecule has 0 aliphatic rings. The maximum Gasteiger partial charge on any atom is 0.216 e. The van der Waals surface area contributed by atoms with Gasteiger partial charge in [-0.15, -0.1) is 0 Å². The van der Waals surface area contributed by atoms with Crippen LogP contribution in [0.25, 0.3) is 11.7 Å². The summed E-state index contributed by atoms with van der Waals surface area (Å²) in [6.07, 6.45) is 8.15. The zero-order chi connectivity index (χ0) is 13.0. The van der Waals surface area contributed by atoms with Crippen LogP contribution in [-0.2, 0) is 4.79 Å².